The molecule has 0 aliphatic heterocycles. The van der Waals surface area contributed by atoms with E-state index in [-0.39, 0.29) is 21.3 Å². The van der Waals surface area contributed by atoms with E-state index in [1.807, 2.05) is 0 Å². The van der Waals surface area contributed by atoms with Gasteiger partial charge in [-0.2, -0.15) is 0 Å². The van der Waals surface area contributed by atoms with Gasteiger partial charge in [-0.05, 0) is 56.3 Å². The molecule has 0 bridgehead atoms. The van der Waals surface area contributed by atoms with Crippen molar-refractivity contribution in [3.8, 4) is 5.75 Å². The van der Waals surface area contributed by atoms with Crippen LogP contribution in [0.25, 0.3) is 0 Å². The number of benzene rings is 1. The third-order valence-corrected chi connectivity index (χ3v) is 4.97. The average Bonchev–Trinajstić information content (AvgIpc) is 2.50. The van der Waals surface area contributed by atoms with Crippen molar-refractivity contribution >= 4 is 9.84 Å². The molecule has 2 rings (SSSR count). The van der Waals surface area contributed by atoms with E-state index in [0.717, 1.165) is 0 Å². The number of allylic oxidation sites excluding steroid dienone is 4. The first-order chi connectivity index (χ1) is 9.23. The van der Waals surface area contributed by atoms with E-state index in [1.54, 1.807) is 19.9 Å². The molecule has 0 saturated heterocycles. The van der Waals surface area contributed by atoms with Crippen LogP contribution < -0.4 is 0 Å². The molecular weight excluding hydrogens is 276 g/mol. The zero-order chi connectivity index (χ0) is 15.0. The van der Waals surface area contributed by atoms with Crippen LogP contribution in [0.2, 0.25) is 0 Å². The molecule has 1 aliphatic carbocycles. The summed E-state index contributed by atoms with van der Waals surface area (Å²) in [6.07, 6.45) is 5.91. The molecule has 0 radical (unpaired) electrons. The SMILES string of the molecule is CC1(C)C=CC(S(=O)(=O)c2ccc(O)cc2)=CC=C1O. The van der Waals surface area contributed by atoms with Gasteiger partial charge in [0.25, 0.3) is 0 Å². The molecule has 20 heavy (non-hydrogen) atoms. The van der Waals surface area contributed by atoms with Crippen molar-refractivity contribution in [2.45, 2.75) is 18.7 Å². The highest BCUT2D eigenvalue weighted by atomic mass is 32.2. The summed E-state index contributed by atoms with van der Waals surface area (Å²) in [6.45, 7) is 3.58. The normalized spacial score (nSPS) is 18.1. The van der Waals surface area contributed by atoms with Crippen molar-refractivity contribution in [1.29, 1.82) is 0 Å². The predicted octanol–water partition coefficient (Wildman–Crippen LogP) is 3.09. The van der Waals surface area contributed by atoms with E-state index in [0.29, 0.717) is 0 Å². The van der Waals surface area contributed by atoms with Gasteiger partial charge >= 0.3 is 0 Å². The summed E-state index contributed by atoms with van der Waals surface area (Å²) in [4.78, 5) is 0.194. The highest BCUT2D eigenvalue weighted by Gasteiger charge is 2.25. The molecule has 2 N–H and O–H groups in total. The summed E-state index contributed by atoms with van der Waals surface area (Å²) >= 11 is 0. The van der Waals surface area contributed by atoms with Gasteiger partial charge < -0.3 is 10.2 Å². The molecule has 106 valence electrons. The Morgan fingerprint density at radius 1 is 1.00 bits per heavy atom. The number of aliphatic hydroxyl groups is 1. The van der Waals surface area contributed by atoms with Crippen molar-refractivity contribution in [2.24, 2.45) is 5.41 Å². The molecule has 0 unspecified atom stereocenters. The number of hydrogen-bond acceptors (Lipinski definition) is 4. The number of phenols is 1. The predicted molar refractivity (Wildman–Crippen MR) is 77.0 cm³/mol. The Hall–Kier alpha value is -2.01. The van der Waals surface area contributed by atoms with Gasteiger partial charge in [0.2, 0.25) is 9.84 Å². The average molecular weight is 292 g/mol. The van der Waals surface area contributed by atoms with Gasteiger partial charge in [-0.3, -0.25) is 0 Å². The fourth-order valence-corrected chi connectivity index (χ4v) is 3.01. The Kier molecular flexibility index (Phi) is 3.48. The number of hydrogen-bond donors (Lipinski definition) is 2. The van der Waals surface area contributed by atoms with Crippen LogP contribution >= 0.6 is 0 Å². The first-order valence-corrected chi connectivity index (χ1v) is 7.56. The lowest BCUT2D eigenvalue weighted by Gasteiger charge is -2.17. The first-order valence-electron chi connectivity index (χ1n) is 6.08. The van der Waals surface area contributed by atoms with E-state index in [1.165, 1.54) is 42.5 Å². The quantitative estimate of drug-likeness (QED) is 0.878. The summed E-state index contributed by atoms with van der Waals surface area (Å²) < 4.78 is 24.9. The number of aliphatic hydroxyl groups excluding tert-OH is 1. The highest BCUT2D eigenvalue weighted by molar-refractivity contribution is 7.95. The van der Waals surface area contributed by atoms with Crippen LogP contribution in [0, 0.1) is 5.41 Å². The highest BCUT2D eigenvalue weighted by Crippen LogP contribution is 2.31. The summed E-state index contributed by atoms with van der Waals surface area (Å²) in [7, 11) is -3.67. The molecule has 0 spiro atoms. The van der Waals surface area contributed by atoms with E-state index in [4.69, 9.17) is 0 Å². The largest absolute Gasteiger partial charge is 0.511 e. The lowest BCUT2D eigenvalue weighted by molar-refractivity contribution is 0.303. The third kappa shape index (κ3) is 2.63. The number of phenolic OH excluding ortho intramolecular Hbond substituents is 1. The van der Waals surface area contributed by atoms with Gasteiger partial charge in [-0.25, -0.2) is 8.42 Å². The zero-order valence-electron chi connectivity index (χ0n) is 11.2. The molecule has 0 fully saturated rings. The van der Waals surface area contributed by atoms with E-state index < -0.39 is 15.3 Å². The Balaban J connectivity index is 2.49. The third-order valence-electron chi connectivity index (χ3n) is 3.19. The van der Waals surface area contributed by atoms with Crippen LogP contribution in [0.4, 0.5) is 0 Å². The molecule has 0 saturated carbocycles. The maximum Gasteiger partial charge on any atom is 0.206 e. The zero-order valence-corrected chi connectivity index (χ0v) is 12.1. The van der Waals surface area contributed by atoms with Crippen molar-refractivity contribution < 1.29 is 18.6 Å². The van der Waals surface area contributed by atoms with Crippen LogP contribution in [-0.4, -0.2) is 18.6 Å². The molecule has 0 heterocycles. The van der Waals surface area contributed by atoms with Crippen molar-refractivity contribution in [3.05, 3.63) is 59.2 Å². The standard InChI is InChI=1S/C15H16O4S/c1-15(2)10-9-13(7-8-14(15)17)20(18,19)12-5-3-11(16)4-6-12/h3-10,16-17H,1-2H3. The Bertz CT molecular complexity index is 705. The summed E-state index contributed by atoms with van der Waals surface area (Å²) in [5.41, 5.74) is -0.608. The maximum absolute atomic E-state index is 12.5. The molecule has 4 nitrogen and oxygen atoms in total. The Morgan fingerprint density at radius 3 is 2.20 bits per heavy atom. The van der Waals surface area contributed by atoms with Crippen LogP contribution in [0.15, 0.2) is 64.1 Å². The van der Waals surface area contributed by atoms with Crippen LogP contribution in [0.5, 0.6) is 5.75 Å². The first kappa shape index (κ1) is 14.4. The van der Waals surface area contributed by atoms with E-state index in [9.17, 15) is 18.6 Å². The molecule has 5 heteroatoms. The van der Waals surface area contributed by atoms with Gasteiger partial charge in [0.05, 0.1) is 9.80 Å². The van der Waals surface area contributed by atoms with Crippen molar-refractivity contribution in [2.75, 3.05) is 0 Å². The minimum atomic E-state index is -3.67. The van der Waals surface area contributed by atoms with Crippen molar-refractivity contribution in [3.63, 3.8) is 0 Å². The Labute approximate surface area is 118 Å². The van der Waals surface area contributed by atoms with Crippen LogP contribution in [0.3, 0.4) is 0 Å². The minimum Gasteiger partial charge on any atom is -0.511 e. The molecule has 0 atom stereocenters. The molecule has 0 amide bonds. The van der Waals surface area contributed by atoms with E-state index in [2.05, 4.69) is 0 Å². The summed E-state index contributed by atoms with van der Waals surface area (Å²) in [6, 6.07) is 5.34. The van der Waals surface area contributed by atoms with E-state index >= 15 is 0 Å². The van der Waals surface area contributed by atoms with Gasteiger partial charge in [-0.1, -0.05) is 6.08 Å². The second-order valence-corrected chi connectivity index (χ2v) is 7.12. The Morgan fingerprint density at radius 2 is 1.60 bits per heavy atom. The van der Waals surface area contributed by atoms with Crippen LogP contribution in [-0.2, 0) is 9.84 Å². The smallest absolute Gasteiger partial charge is 0.206 e. The van der Waals surface area contributed by atoms with Gasteiger partial charge in [0.1, 0.15) is 11.5 Å². The second kappa shape index (κ2) is 4.83. The van der Waals surface area contributed by atoms with Gasteiger partial charge in [-0.15, -0.1) is 0 Å². The molecule has 1 aliphatic rings. The topological polar surface area (TPSA) is 74.6 Å². The van der Waals surface area contributed by atoms with Gasteiger partial charge in [0, 0.05) is 5.41 Å². The minimum absolute atomic E-state index is 0.00742. The fourth-order valence-electron chi connectivity index (χ4n) is 1.75. The lowest BCUT2D eigenvalue weighted by atomic mass is 9.91. The number of rotatable bonds is 2. The fraction of sp³-hybridized carbons (Fsp3) is 0.200. The van der Waals surface area contributed by atoms with Crippen LogP contribution in [0.1, 0.15) is 13.8 Å². The number of aromatic hydroxyl groups is 1. The summed E-state index contributed by atoms with van der Waals surface area (Å²) in [5.74, 6) is 0.109. The monoisotopic (exact) mass is 292 g/mol. The van der Waals surface area contributed by atoms with Crippen molar-refractivity contribution in [1.82, 2.24) is 0 Å². The lowest BCUT2D eigenvalue weighted by Crippen LogP contribution is -2.10. The van der Waals surface area contributed by atoms with Gasteiger partial charge in [0.15, 0.2) is 0 Å². The second-order valence-electron chi connectivity index (χ2n) is 5.17. The summed E-state index contributed by atoms with van der Waals surface area (Å²) in [5, 5.41) is 19.1. The molecule has 0 aromatic heterocycles. The number of sulfone groups is 1. The molecule has 1 aromatic rings. The molecular formula is C15H16O4S. The molecule has 1 aromatic carbocycles. The maximum atomic E-state index is 12.5.